The van der Waals surface area contributed by atoms with Gasteiger partial charge in [-0.15, -0.1) is 0 Å². The number of methoxy groups -OCH3 is 1. The van der Waals surface area contributed by atoms with E-state index in [2.05, 4.69) is 22.1 Å². The fourth-order valence-electron chi connectivity index (χ4n) is 6.01. The molecule has 0 saturated carbocycles. The molecule has 2 N–H and O–H groups in total. The SMILES string of the molecule is CCOc1ccc(C2c3c([nH]c(=O)c4ccccc34)N(c3ccc(OC)cc3)c3[nH]c(=O)c4ccccc4c32)cc1. The van der Waals surface area contributed by atoms with Crippen molar-refractivity contribution >= 4 is 38.9 Å². The van der Waals surface area contributed by atoms with Crippen LogP contribution in [0.4, 0.5) is 17.3 Å². The van der Waals surface area contributed by atoms with Gasteiger partial charge in [-0.1, -0.05) is 48.5 Å². The van der Waals surface area contributed by atoms with Gasteiger partial charge in [0.15, 0.2) is 0 Å². The third kappa shape index (κ3) is 3.89. The van der Waals surface area contributed by atoms with Crippen LogP contribution in [0.25, 0.3) is 21.5 Å². The minimum Gasteiger partial charge on any atom is -0.497 e. The first-order valence-electron chi connectivity index (χ1n) is 13.6. The molecule has 0 saturated heterocycles. The van der Waals surface area contributed by atoms with Crippen molar-refractivity contribution in [3.05, 3.63) is 134 Å². The van der Waals surface area contributed by atoms with Crippen LogP contribution >= 0.6 is 0 Å². The van der Waals surface area contributed by atoms with Gasteiger partial charge < -0.3 is 19.4 Å². The summed E-state index contributed by atoms with van der Waals surface area (Å²) in [6.07, 6.45) is 0. The average molecular weight is 542 g/mol. The number of nitrogens with zero attached hydrogens (tertiary/aromatic N) is 1. The summed E-state index contributed by atoms with van der Waals surface area (Å²) >= 11 is 0. The van der Waals surface area contributed by atoms with Gasteiger partial charge in [-0.25, -0.2) is 0 Å². The molecule has 7 rings (SSSR count). The Kier molecular flexibility index (Phi) is 5.86. The van der Waals surface area contributed by atoms with Crippen LogP contribution in [0.2, 0.25) is 0 Å². The highest BCUT2D eigenvalue weighted by molar-refractivity contribution is 6.00. The van der Waals surface area contributed by atoms with Crippen LogP contribution in [-0.2, 0) is 0 Å². The third-order valence-electron chi connectivity index (χ3n) is 7.78. The number of benzene rings is 4. The molecule has 202 valence electrons. The van der Waals surface area contributed by atoms with Crippen LogP contribution in [0.3, 0.4) is 0 Å². The van der Waals surface area contributed by atoms with Gasteiger partial charge in [-0.05, 0) is 71.8 Å². The molecular formula is C34H27N3O4. The zero-order chi connectivity index (χ0) is 28.1. The predicted molar refractivity (Wildman–Crippen MR) is 162 cm³/mol. The van der Waals surface area contributed by atoms with Crippen LogP contribution in [0.1, 0.15) is 29.5 Å². The summed E-state index contributed by atoms with van der Waals surface area (Å²) in [6, 6.07) is 31.0. The van der Waals surface area contributed by atoms with Crippen molar-refractivity contribution in [3.63, 3.8) is 0 Å². The molecule has 1 aliphatic rings. The largest absolute Gasteiger partial charge is 0.497 e. The third-order valence-corrected chi connectivity index (χ3v) is 7.78. The molecule has 0 bridgehead atoms. The van der Waals surface area contributed by atoms with Crippen LogP contribution in [0.5, 0.6) is 11.5 Å². The molecule has 41 heavy (non-hydrogen) atoms. The van der Waals surface area contributed by atoms with Crippen LogP contribution < -0.4 is 25.5 Å². The number of hydrogen-bond donors (Lipinski definition) is 2. The number of ether oxygens (including phenoxy) is 2. The minimum absolute atomic E-state index is 0.199. The molecule has 0 aliphatic carbocycles. The first-order valence-corrected chi connectivity index (χ1v) is 13.6. The van der Waals surface area contributed by atoms with Crippen LogP contribution in [0, 0.1) is 0 Å². The molecular weight excluding hydrogens is 514 g/mol. The second kappa shape index (κ2) is 9.71. The van der Waals surface area contributed by atoms with E-state index < -0.39 is 0 Å². The molecule has 0 fully saturated rings. The number of H-pyrrole nitrogens is 2. The highest BCUT2D eigenvalue weighted by atomic mass is 16.5. The molecule has 1 aliphatic heterocycles. The number of aromatic nitrogens is 2. The molecule has 0 spiro atoms. The van der Waals surface area contributed by atoms with E-state index in [9.17, 15) is 9.59 Å². The van der Waals surface area contributed by atoms with Crippen molar-refractivity contribution in [1.29, 1.82) is 0 Å². The van der Waals surface area contributed by atoms with E-state index in [1.807, 2.05) is 96.8 Å². The molecule has 7 nitrogen and oxygen atoms in total. The van der Waals surface area contributed by atoms with Gasteiger partial charge in [0.2, 0.25) is 0 Å². The highest BCUT2D eigenvalue weighted by Gasteiger charge is 2.37. The Labute approximate surface area is 235 Å². The summed E-state index contributed by atoms with van der Waals surface area (Å²) in [4.78, 5) is 35.3. The lowest BCUT2D eigenvalue weighted by Crippen LogP contribution is -2.30. The zero-order valence-corrected chi connectivity index (χ0v) is 22.6. The summed E-state index contributed by atoms with van der Waals surface area (Å²) in [6.45, 7) is 2.53. The van der Waals surface area contributed by atoms with E-state index >= 15 is 0 Å². The lowest BCUT2D eigenvalue weighted by Gasteiger charge is -2.38. The normalized spacial score (nSPS) is 12.8. The van der Waals surface area contributed by atoms with Crippen molar-refractivity contribution < 1.29 is 9.47 Å². The maximum absolute atomic E-state index is 13.5. The first kappa shape index (κ1) is 24.7. The standard InChI is InChI=1S/C34H27N3O4/c1-3-41-23-16-12-20(13-17-23)28-29-24-8-4-6-10-26(24)33(38)35-31(29)37(21-14-18-22(40-2)19-15-21)32-30(28)25-9-5-7-11-27(25)34(39)36-32/h4-19,28H,3H2,1-2H3,(H,35,38)(H,36,39). The highest BCUT2D eigenvalue weighted by Crippen LogP contribution is 2.52. The number of anilines is 3. The minimum atomic E-state index is -0.298. The topological polar surface area (TPSA) is 87.4 Å². The van der Waals surface area contributed by atoms with Crippen molar-refractivity contribution in [2.24, 2.45) is 0 Å². The smallest absolute Gasteiger partial charge is 0.257 e. The maximum atomic E-state index is 13.5. The van der Waals surface area contributed by atoms with Gasteiger partial charge >= 0.3 is 0 Å². The Morgan fingerprint density at radius 3 is 1.63 bits per heavy atom. The predicted octanol–water partition coefficient (Wildman–Crippen LogP) is 6.74. The Morgan fingerprint density at radius 2 is 1.15 bits per heavy atom. The van der Waals surface area contributed by atoms with Crippen LogP contribution in [-0.4, -0.2) is 23.7 Å². The number of aromatic amines is 2. The Bertz CT molecular complexity index is 1940. The number of fused-ring (bicyclic) bond motifs is 6. The molecule has 0 amide bonds. The van der Waals surface area contributed by atoms with E-state index in [0.29, 0.717) is 34.8 Å². The monoisotopic (exact) mass is 541 g/mol. The quantitative estimate of drug-likeness (QED) is 0.252. The van der Waals surface area contributed by atoms with E-state index in [0.717, 1.165) is 38.9 Å². The number of nitrogens with one attached hydrogen (secondary N) is 2. The van der Waals surface area contributed by atoms with Crippen LogP contribution in [0.15, 0.2) is 107 Å². The Balaban J connectivity index is 1.64. The summed E-state index contributed by atoms with van der Waals surface area (Å²) in [5.41, 5.74) is 3.29. The van der Waals surface area contributed by atoms with Crippen molar-refractivity contribution in [2.75, 3.05) is 18.6 Å². The van der Waals surface area contributed by atoms with Gasteiger partial charge in [0.05, 0.1) is 13.7 Å². The average Bonchev–Trinajstić information content (AvgIpc) is 3.01. The van der Waals surface area contributed by atoms with Crippen molar-refractivity contribution in [3.8, 4) is 11.5 Å². The lowest BCUT2D eigenvalue weighted by molar-refractivity contribution is 0.340. The molecule has 3 heterocycles. The van der Waals surface area contributed by atoms with Crippen molar-refractivity contribution in [2.45, 2.75) is 12.8 Å². The fourth-order valence-corrected chi connectivity index (χ4v) is 6.01. The van der Waals surface area contributed by atoms with Gasteiger partial charge in [0.1, 0.15) is 23.1 Å². The van der Waals surface area contributed by atoms with Crippen molar-refractivity contribution in [1.82, 2.24) is 9.97 Å². The lowest BCUT2D eigenvalue weighted by atomic mass is 9.78. The summed E-state index contributed by atoms with van der Waals surface area (Å²) in [5, 5.41) is 2.91. The Hall–Kier alpha value is -5.30. The van der Waals surface area contributed by atoms with E-state index in [1.165, 1.54) is 0 Å². The number of hydrogen-bond acceptors (Lipinski definition) is 5. The molecule has 0 atom stereocenters. The number of rotatable bonds is 5. The van der Waals surface area contributed by atoms with E-state index in [1.54, 1.807) is 7.11 Å². The second-order valence-electron chi connectivity index (χ2n) is 9.99. The first-order chi connectivity index (χ1) is 20.1. The zero-order valence-electron chi connectivity index (χ0n) is 22.6. The number of pyridine rings is 2. The van der Waals surface area contributed by atoms with Gasteiger partial charge in [-0.3, -0.25) is 14.5 Å². The molecule has 6 aromatic rings. The maximum Gasteiger partial charge on any atom is 0.257 e. The Morgan fingerprint density at radius 1 is 0.659 bits per heavy atom. The molecule has 4 aromatic carbocycles. The summed E-state index contributed by atoms with van der Waals surface area (Å²) < 4.78 is 11.1. The van der Waals surface area contributed by atoms with E-state index in [4.69, 9.17) is 9.47 Å². The molecule has 2 aromatic heterocycles. The summed E-state index contributed by atoms with van der Waals surface area (Å²) in [5.74, 6) is 2.41. The van der Waals surface area contributed by atoms with Gasteiger partial charge in [0.25, 0.3) is 11.1 Å². The van der Waals surface area contributed by atoms with E-state index in [-0.39, 0.29) is 17.0 Å². The fraction of sp³-hybridized carbons (Fsp3) is 0.118. The van der Waals surface area contributed by atoms with Gasteiger partial charge in [0, 0.05) is 33.5 Å². The molecule has 0 radical (unpaired) electrons. The second-order valence-corrected chi connectivity index (χ2v) is 9.99. The molecule has 7 heteroatoms. The summed E-state index contributed by atoms with van der Waals surface area (Å²) in [7, 11) is 1.62. The molecule has 0 unspecified atom stereocenters. The van der Waals surface area contributed by atoms with Gasteiger partial charge in [-0.2, -0.15) is 0 Å².